The van der Waals surface area contributed by atoms with Crippen LogP contribution in [-0.4, -0.2) is 31.3 Å². The van der Waals surface area contributed by atoms with Crippen molar-refractivity contribution < 1.29 is 9.47 Å². The molecule has 1 aliphatic rings. The van der Waals surface area contributed by atoms with E-state index < -0.39 is 0 Å². The van der Waals surface area contributed by atoms with Crippen LogP contribution in [-0.2, 0) is 0 Å². The van der Waals surface area contributed by atoms with Crippen LogP contribution in [0.15, 0.2) is 48.7 Å². The molecule has 7 heteroatoms. The van der Waals surface area contributed by atoms with E-state index in [-0.39, 0.29) is 12.4 Å². The van der Waals surface area contributed by atoms with Gasteiger partial charge in [-0.05, 0) is 49.9 Å². The summed E-state index contributed by atoms with van der Waals surface area (Å²) in [6.45, 7) is 0. The first-order valence-corrected chi connectivity index (χ1v) is 10.3. The van der Waals surface area contributed by atoms with Gasteiger partial charge in [0, 0.05) is 58.3 Å². The van der Waals surface area contributed by atoms with Crippen molar-refractivity contribution in [3.05, 3.63) is 53.7 Å². The number of hydrogen-bond donors (Lipinski definition) is 2. The van der Waals surface area contributed by atoms with Crippen molar-refractivity contribution in [1.29, 1.82) is 0 Å². The molecule has 30 heavy (non-hydrogen) atoms. The lowest BCUT2D eigenvalue weighted by molar-refractivity contribution is 0.394. The summed E-state index contributed by atoms with van der Waals surface area (Å²) in [7, 11) is 3.35. The molecule has 3 aromatic rings. The quantitative estimate of drug-likeness (QED) is 0.473. The highest BCUT2D eigenvalue weighted by Crippen LogP contribution is 2.31. The van der Waals surface area contributed by atoms with E-state index in [0.717, 1.165) is 59.5 Å². The fourth-order valence-electron chi connectivity index (χ4n) is 3.98. The van der Waals surface area contributed by atoms with Crippen LogP contribution < -0.4 is 20.1 Å². The van der Waals surface area contributed by atoms with E-state index in [2.05, 4.69) is 15.6 Å². The fourth-order valence-corrected chi connectivity index (χ4v) is 4.14. The molecule has 1 heterocycles. The summed E-state index contributed by atoms with van der Waals surface area (Å²) < 4.78 is 10.7. The molecule has 2 N–H and O–H groups in total. The number of fused-ring (bicyclic) bond motifs is 1. The minimum absolute atomic E-state index is 0. The van der Waals surface area contributed by atoms with Gasteiger partial charge in [-0.3, -0.25) is 4.98 Å². The Labute approximate surface area is 188 Å². The zero-order chi connectivity index (χ0) is 20.2. The van der Waals surface area contributed by atoms with E-state index in [9.17, 15) is 0 Å². The average Bonchev–Trinajstić information content (AvgIpc) is 2.74. The van der Waals surface area contributed by atoms with Gasteiger partial charge in [-0.15, -0.1) is 12.4 Å². The lowest BCUT2D eigenvalue weighted by Gasteiger charge is -2.31. The summed E-state index contributed by atoms with van der Waals surface area (Å²) in [6, 6.07) is 14.7. The third-order valence-electron chi connectivity index (χ3n) is 5.51. The van der Waals surface area contributed by atoms with Crippen LogP contribution >= 0.6 is 24.0 Å². The number of ether oxygens (including phenoxy) is 2. The van der Waals surface area contributed by atoms with Gasteiger partial charge in [0.15, 0.2) is 0 Å². The third-order valence-corrected chi connectivity index (χ3v) is 5.75. The molecule has 160 valence electrons. The summed E-state index contributed by atoms with van der Waals surface area (Å²) in [5.74, 6) is 1.60. The molecule has 1 aromatic heterocycles. The number of rotatable bonds is 6. The zero-order valence-corrected chi connectivity index (χ0v) is 18.7. The Balaban J connectivity index is 0.00000256. The summed E-state index contributed by atoms with van der Waals surface area (Å²) >= 11 is 6.10. The smallest absolute Gasteiger partial charge is 0.124 e. The van der Waals surface area contributed by atoms with Crippen molar-refractivity contribution >= 4 is 46.3 Å². The molecule has 2 aromatic carbocycles. The fraction of sp³-hybridized carbons (Fsp3) is 0.348. The van der Waals surface area contributed by atoms with Gasteiger partial charge in [-0.25, -0.2) is 0 Å². The monoisotopic (exact) mass is 447 g/mol. The van der Waals surface area contributed by atoms with Crippen molar-refractivity contribution in [3.63, 3.8) is 0 Å². The molecular formula is C23H27Cl2N3O2. The molecule has 0 amide bonds. The molecule has 1 aliphatic carbocycles. The number of hydrogen-bond acceptors (Lipinski definition) is 5. The molecule has 0 atom stereocenters. The Morgan fingerprint density at radius 3 is 2.13 bits per heavy atom. The second kappa shape index (κ2) is 10.1. The van der Waals surface area contributed by atoms with E-state index in [4.69, 9.17) is 21.1 Å². The van der Waals surface area contributed by atoms with Crippen LogP contribution in [0.3, 0.4) is 0 Å². The molecule has 0 bridgehead atoms. The summed E-state index contributed by atoms with van der Waals surface area (Å²) in [5.41, 5.74) is 3.08. The van der Waals surface area contributed by atoms with E-state index in [1.54, 1.807) is 14.2 Å². The predicted molar refractivity (Wildman–Crippen MR) is 127 cm³/mol. The van der Waals surface area contributed by atoms with E-state index >= 15 is 0 Å². The number of nitrogens with zero attached hydrogens (tertiary/aromatic N) is 1. The van der Waals surface area contributed by atoms with E-state index in [1.165, 1.54) is 0 Å². The van der Waals surface area contributed by atoms with Crippen LogP contribution in [0.1, 0.15) is 25.7 Å². The second-order valence-corrected chi connectivity index (χ2v) is 7.89. The standard InChI is InChI=1S/C23H26ClN3O2.ClH/c1-28-19-12-18(13-20(14-19)29-2)26-16-4-6-17(7-5-16)27-22-9-10-25-23-11-15(24)3-8-21(22)23;/h3,8-14,16-17,26H,4-7H2,1-2H3,(H,25,27);1H. The molecule has 1 saturated carbocycles. The van der Waals surface area contributed by atoms with Gasteiger partial charge >= 0.3 is 0 Å². The van der Waals surface area contributed by atoms with Crippen LogP contribution in [0, 0.1) is 0 Å². The number of methoxy groups -OCH3 is 2. The van der Waals surface area contributed by atoms with Gasteiger partial charge in [0.1, 0.15) is 11.5 Å². The minimum Gasteiger partial charge on any atom is -0.497 e. The molecule has 0 spiro atoms. The number of benzene rings is 2. The topological polar surface area (TPSA) is 55.4 Å². The lowest BCUT2D eigenvalue weighted by atomic mass is 9.90. The number of pyridine rings is 1. The number of aromatic nitrogens is 1. The van der Waals surface area contributed by atoms with Crippen molar-refractivity contribution in [2.24, 2.45) is 0 Å². The Morgan fingerprint density at radius 2 is 1.50 bits per heavy atom. The van der Waals surface area contributed by atoms with Gasteiger partial charge in [0.2, 0.25) is 0 Å². The third kappa shape index (κ3) is 5.21. The van der Waals surface area contributed by atoms with Gasteiger partial charge in [0.05, 0.1) is 19.7 Å². The minimum atomic E-state index is 0. The highest BCUT2D eigenvalue weighted by atomic mass is 35.5. The van der Waals surface area contributed by atoms with Crippen molar-refractivity contribution in [2.45, 2.75) is 37.8 Å². The Kier molecular flexibility index (Phi) is 7.51. The average molecular weight is 448 g/mol. The van der Waals surface area contributed by atoms with Gasteiger partial charge in [-0.2, -0.15) is 0 Å². The Hall–Kier alpha value is -2.37. The van der Waals surface area contributed by atoms with Crippen molar-refractivity contribution in [1.82, 2.24) is 4.98 Å². The summed E-state index contributed by atoms with van der Waals surface area (Å²) in [4.78, 5) is 4.43. The number of nitrogens with one attached hydrogen (secondary N) is 2. The Bertz CT molecular complexity index is 969. The largest absolute Gasteiger partial charge is 0.497 e. The first-order chi connectivity index (χ1) is 14.1. The second-order valence-electron chi connectivity index (χ2n) is 7.46. The van der Waals surface area contributed by atoms with Gasteiger partial charge in [0.25, 0.3) is 0 Å². The summed E-state index contributed by atoms with van der Waals surface area (Å²) in [5, 5.41) is 9.17. The highest BCUT2D eigenvalue weighted by molar-refractivity contribution is 6.31. The van der Waals surface area contributed by atoms with Crippen LogP contribution in [0.5, 0.6) is 11.5 Å². The molecule has 0 aliphatic heterocycles. The zero-order valence-electron chi connectivity index (χ0n) is 17.2. The van der Waals surface area contributed by atoms with E-state index in [1.807, 2.05) is 48.7 Å². The maximum Gasteiger partial charge on any atom is 0.124 e. The normalized spacial score (nSPS) is 18.4. The number of anilines is 2. The molecule has 0 saturated heterocycles. The molecular weight excluding hydrogens is 421 g/mol. The molecule has 0 radical (unpaired) electrons. The first-order valence-electron chi connectivity index (χ1n) is 9.95. The van der Waals surface area contributed by atoms with Crippen LogP contribution in [0.25, 0.3) is 10.9 Å². The first kappa shape index (κ1) is 22.3. The molecule has 1 fully saturated rings. The maximum absolute atomic E-state index is 6.10. The van der Waals surface area contributed by atoms with Crippen LogP contribution in [0.2, 0.25) is 5.02 Å². The molecule has 0 unspecified atom stereocenters. The summed E-state index contributed by atoms with van der Waals surface area (Å²) in [6.07, 6.45) is 6.26. The molecule has 5 nitrogen and oxygen atoms in total. The maximum atomic E-state index is 6.10. The molecule has 4 rings (SSSR count). The van der Waals surface area contributed by atoms with E-state index in [0.29, 0.717) is 17.1 Å². The number of halogens is 2. The predicted octanol–water partition coefficient (Wildman–Crippen LogP) is 6.16. The van der Waals surface area contributed by atoms with Gasteiger partial charge in [-0.1, -0.05) is 11.6 Å². The van der Waals surface area contributed by atoms with Crippen LogP contribution in [0.4, 0.5) is 11.4 Å². The van der Waals surface area contributed by atoms with Gasteiger partial charge < -0.3 is 20.1 Å². The lowest BCUT2D eigenvalue weighted by Crippen LogP contribution is -2.32. The SMILES string of the molecule is COc1cc(NC2CCC(Nc3ccnc4cc(Cl)ccc34)CC2)cc(OC)c1.Cl. The Morgan fingerprint density at radius 1 is 0.867 bits per heavy atom. The highest BCUT2D eigenvalue weighted by Gasteiger charge is 2.22. The van der Waals surface area contributed by atoms with Crippen molar-refractivity contribution in [2.75, 3.05) is 24.9 Å². The van der Waals surface area contributed by atoms with Crippen molar-refractivity contribution in [3.8, 4) is 11.5 Å².